The second-order valence-corrected chi connectivity index (χ2v) is 16.3. The predicted octanol–water partition coefficient (Wildman–Crippen LogP) is 13.4. The Labute approximate surface area is 319 Å². The maximum absolute atomic E-state index is 12.4. The molecule has 0 rings (SSSR count). The van der Waals surface area contributed by atoms with Crippen molar-refractivity contribution in [2.45, 2.75) is 283 Å². The average Bonchev–Trinajstić information content (AvgIpc) is 3.13. The fourth-order valence-electron chi connectivity index (χ4n) is 7.58. The van der Waals surface area contributed by atoms with Gasteiger partial charge in [-0.25, -0.2) is 0 Å². The zero-order chi connectivity index (χ0) is 37.3. The van der Waals surface area contributed by atoms with Gasteiger partial charge in [0.05, 0.1) is 18.8 Å². The fourth-order valence-corrected chi connectivity index (χ4v) is 7.58. The summed E-state index contributed by atoms with van der Waals surface area (Å²) < 4.78 is 0. The van der Waals surface area contributed by atoms with E-state index in [0.29, 0.717) is 12.8 Å². The summed E-state index contributed by atoms with van der Waals surface area (Å²) in [5.74, 6) is -0.139. The summed E-state index contributed by atoms with van der Waals surface area (Å²) in [6, 6.07) is -0.802. The predicted molar refractivity (Wildman–Crippen MR) is 222 cm³/mol. The molecule has 0 aliphatic carbocycles. The topological polar surface area (TPSA) is 89.8 Å². The Morgan fingerprint density at radius 2 is 0.667 bits per heavy atom. The van der Waals surface area contributed by atoms with Crippen molar-refractivity contribution in [2.24, 2.45) is 0 Å². The lowest BCUT2D eigenvalue weighted by Crippen LogP contribution is -2.50. The average molecular weight is 724 g/mol. The van der Waals surface area contributed by atoms with Gasteiger partial charge in [-0.05, 0) is 12.8 Å². The van der Waals surface area contributed by atoms with Crippen molar-refractivity contribution in [3.8, 4) is 0 Å². The fraction of sp³-hybridized carbons (Fsp3) is 0.978. The highest BCUT2D eigenvalue weighted by atomic mass is 16.3. The van der Waals surface area contributed by atoms with Crippen molar-refractivity contribution in [1.82, 2.24) is 5.32 Å². The van der Waals surface area contributed by atoms with E-state index >= 15 is 0 Å². The monoisotopic (exact) mass is 724 g/mol. The number of hydrogen-bond donors (Lipinski definition) is 4. The van der Waals surface area contributed by atoms with Crippen LogP contribution in [0, 0.1) is 0 Å². The van der Waals surface area contributed by atoms with Gasteiger partial charge in [0.1, 0.15) is 6.10 Å². The van der Waals surface area contributed by atoms with E-state index in [1.54, 1.807) is 0 Å². The van der Waals surface area contributed by atoms with Crippen LogP contribution in [0.4, 0.5) is 0 Å². The smallest absolute Gasteiger partial charge is 0.220 e. The lowest BCUT2D eigenvalue weighted by molar-refractivity contribution is -0.124. The number of carbonyl (C=O) groups excluding carboxylic acids is 1. The minimum absolute atomic E-state index is 0.139. The van der Waals surface area contributed by atoms with E-state index in [0.717, 1.165) is 32.1 Å². The van der Waals surface area contributed by atoms with Gasteiger partial charge < -0.3 is 20.6 Å². The van der Waals surface area contributed by atoms with Crippen molar-refractivity contribution in [1.29, 1.82) is 0 Å². The van der Waals surface area contributed by atoms with Gasteiger partial charge in [0.2, 0.25) is 5.91 Å². The highest BCUT2D eigenvalue weighted by molar-refractivity contribution is 5.76. The highest BCUT2D eigenvalue weighted by Crippen LogP contribution is 2.17. The minimum Gasteiger partial charge on any atom is -0.394 e. The first-order valence-corrected chi connectivity index (χ1v) is 23.3. The van der Waals surface area contributed by atoms with Gasteiger partial charge in [-0.3, -0.25) is 4.79 Å². The van der Waals surface area contributed by atoms with Gasteiger partial charge >= 0.3 is 0 Å². The molecule has 5 nitrogen and oxygen atoms in total. The number of unbranched alkanes of at least 4 members (excludes halogenated alkanes) is 35. The molecule has 3 atom stereocenters. The first-order chi connectivity index (χ1) is 25.1. The maximum Gasteiger partial charge on any atom is 0.220 e. The van der Waals surface area contributed by atoms with Crippen molar-refractivity contribution in [3.05, 3.63) is 0 Å². The molecule has 306 valence electrons. The molecule has 0 heterocycles. The molecular formula is C46H93NO4. The van der Waals surface area contributed by atoms with Crippen LogP contribution in [0.2, 0.25) is 0 Å². The first-order valence-electron chi connectivity index (χ1n) is 23.3. The first kappa shape index (κ1) is 50.4. The van der Waals surface area contributed by atoms with Crippen LogP contribution in [-0.2, 0) is 4.79 Å². The van der Waals surface area contributed by atoms with Crippen molar-refractivity contribution < 1.29 is 20.1 Å². The minimum atomic E-state index is -1.13. The van der Waals surface area contributed by atoms with Gasteiger partial charge in [-0.1, -0.05) is 245 Å². The summed E-state index contributed by atoms with van der Waals surface area (Å²) in [5, 5.41) is 33.5. The molecule has 0 aliphatic rings. The van der Waals surface area contributed by atoms with Crippen LogP contribution < -0.4 is 5.32 Å². The molecule has 0 saturated heterocycles. The van der Waals surface area contributed by atoms with Crippen LogP contribution in [0.5, 0.6) is 0 Å². The molecule has 0 fully saturated rings. The molecule has 0 aromatic rings. The number of rotatable bonds is 43. The molecule has 5 heteroatoms. The lowest BCUT2D eigenvalue weighted by Gasteiger charge is -2.26. The summed E-state index contributed by atoms with van der Waals surface area (Å²) >= 11 is 0. The standard InChI is InChI=1S/C46H93NO4/c1-3-5-7-9-11-13-15-17-18-19-20-21-22-23-24-25-26-27-29-31-33-35-37-39-41-45(50)47-43(42-48)46(51)44(49)40-38-36-34-32-30-28-16-14-12-10-8-6-4-2/h43-44,46,48-49,51H,3-42H2,1-2H3,(H,47,50)/t43-,44+,46-/m0/s1. The van der Waals surface area contributed by atoms with Crippen LogP contribution in [0.15, 0.2) is 0 Å². The van der Waals surface area contributed by atoms with Crippen LogP contribution in [0.3, 0.4) is 0 Å². The number of amides is 1. The third kappa shape index (κ3) is 37.5. The molecule has 51 heavy (non-hydrogen) atoms. The molecule has 0 aromatic carbocycles. The van der Waals surface area contributed by atoms with Gasteiger partial charge in [0, 0.05) is 6.42 Å². The number of carbonyl (C=O) groups is 1. The van der Waals surface area contributed by atoms with Crippen molar-refractivity contribution in [2.75, 3.05) is 6.61 Å². The molecule has 0 unspecified atom stereocenters. The second kappa shape index (κ2) is 42.1. The summed E-state index contributed by atoms with van der Waals surface area (Å²) in [7, 11) is 0. The normalized spacial score (nSPS) is 13.4. The summed E-state index contributed by atoms with van der Waals surface area (Å²) in [4.78, 5) is 12.4. The molecule has 0 aliphatic heterocycles. The molecule has 0 aromatic heterocycles. The Balaban J connectivity index is 3.52. The Morgan fingerprint density at radius 3 is 0.941 bits per heavy atom. The largest absolute Gasteiger partial charge is 0.394 e. The maximum atomic E-state index is 12.4. The molecule has 0 bridgehead atoms. The van der Waals surface area contributed by atoms with E-state index in [-0.39, 0.29) is 12.5 Å². The molecule has 4 N–H and O–H groups in total. The molecular weight excluding hydrogens is 631 g/mol. The van der Waals surface area contributed by atoms with E-state index in [1.165, 1.54) is 205 Å². The lowest BCUT2D eigenvalue weighted by atomic mass is 9.99. The number of aliphatic hydroxyl groups excluding tert-OH is 3. The van der Waals surface area contributed by atoms with E-state index in [1.807, 2.05) is 0 Å². The highest BCUT2D eigenvalue weighted by Gasteiger charge is 2.26. The molecule has 0 saturated carbocycles. The third-order valence-electron chi connectivity index (χ3n) is 11.2. The molecule has 1 amide bonds. The number of nitrogens with one attached hydrogen (secondary N) is 1. The number of aliphatic hydroxyl groups is 3. The van der Waals surface area contributed by atoms with E-state index in [2.05, 4.69) is 19.2 Å². The third-order valence-corrected chi connectivity index (χ3v) is 11.2. The zero-order valence-corrected chi connectivity index (χ0v) is 34.8. The summed E-state index contributed by atoms with van der Waals surface area (Å²) in [6.45, 7) is 4.20. The van der Waals surface area contributed by atoms with Crippen molar-refractivity contribution >= 4 is 5.91 Å². The van der Waals surface area contributed by atoms with Gasteiger partial charge in [0.25, 0.3) is 0 Å². The molecule has 0 spiro atoms. The van der Waals surface area contributed by atoms with Crippen LogP contribution in [-0.4, -0.2) is 46.1 Å². The Kier molecular flexibility index (Phi) is 41.6. The Hall–Kier alpha value is -0.650. The zero-order valence-electron chi connectivity index (χ0n) is 34.8. The van der Waals surface area contributed by atoms with Crippen LogP contribution in [0.1, 0.15) is 264 Å². The van der Waals surface area contributed by atoms with Gasteiger partial charge in [-0.2, -0.15) is 0 Å². The second-order valence-electron chi connectivity index (χ2n) is 16.3. The Morgan fingerprint density at radius 1 is 0.412 bits per heavy atom. The summed E-state index contributed by atoms with van der Waals surface area (Å²) in [6.07, 6.45) is 47.9. The van der Waals surface area contributed by atoms with Crippen LogP contribution in [0.25, 0.3) is 0 Å². The van der Waals surface area contributed by atoms with E-state index < -0.39 is 18.2 Å². The quantitative estimate of drug-likeness (QED) is 0.0472. The SMILES string of the molecule is CCCCCCCCCCCCCCCCCCCCCCCCCCC(=O)N[C@@H](CO)[C@H](O)[C@H](O)CCCCCCCCCCCCCCC. The molecule has 0 radical (unpaired) electrons. The van der Waals surface area contributed by atoms with Gasteiger partial charge in [-0.15, -0.1) is 0 Å². The van der Waals surface area contributed by atoms with Crippen molar-refractivity contribution in [3.63, 3.8) is 0 Å². The van der Waals surface area contributed by atoms with Crippen LogP contribution >= 0.6 is 0 Å². The Bertz CT molecular complexity index is 674. The number of hydrogen-bond acceptors (Lipinski definition) is 4. The summed E-state index contributed by atoms with van der Waals surface area (Å²) in [5.41, 5.74) is 0. The van der Waals surface area contributed by atoms with Gasteiger partial charge in [0.15, 0.2) is 0 Å². The van der Waals surface area contributed by atoms with E-state index in [9.17, 15) is 20.1 Å². The van der Waals surface area contributed by atoms with E-state index in [4.69, 9.17) is 0 Å².